The van der Waals surface area contributed by atoms with E-state index in [1.165, 1.54) is 73.7 Å². The standard InChI is InChI=1S/C47H43N3OS/c1-47-37-23-9-11-25-40(37)52-45(47)42(29-14-4-2-5-15-29)48-46(49-47)31-17-12-16-30(28-31)33-21-13-22-34-35-26-27-39-41(44(35)51-43(33)34)36-20-8-10-24-38(36)50(39)32-18-6-3-7-19-32/h2-12,14-16,18-20,23-27,30-31,33-35,43-44H,13,17,21-22,28H2,1H3,(H,48,49). The number of hydrogen-bond donors (Lipinski definition) is 1. The molecule has 11 rings (SSSR count). The second-order valence-electron chi connectivity index (χ2n) is 15.8. The van der Waals surface area contributed by atoms with E-state index >= 15 is 0 Å². The van der Waals surface area contributed by atoms with Gasteiger partial charge in [-0.15, -0.1) is 0 Å². The van der Waals surface area contributed by atoms with Crippen LogP contribution < -0.4 is 5.32 Å². The van der Waals surface area contributed by atoms with Crippen molar-refractivity contribution in [1.29, 1.82) is 0 Å². The highest BCUT2D eigenvalue weighted by Gasteiger charge is 2.53. The largest absolute Gasteiger partial charge is 0.369 e. The molecule has 4 aromatic carbocycles. The summed E-state index contributed by atoms with van der Waals surface area (Å²) < 4.78 is 9.87. The van der Waals surface area contributed by atoms with E-state index in [0.717, 1.165) is 18.7 Å². The van der Waals surface area contributed by atoms with Gasteiger partial charge in [0.2, 0.25) is 0 Å². The van der Waals surface area contributed by atoms with Gasteiger partial charge < -0.3 is 14.6 Å². The lowest BCUT2D eigenvalue weighted by Crippen LogP contribution is -2.42. The number of hydrogen-bond acceptors (Lipinski definition) is 4. The number of nitrogens with one attached hydrogen (secondary N) is 1. The first kappa shape index (κ1) is 31.0. The summed E-state index contributed by atoms with van der Waals surface area (Å²) in [6, 6.07) is 39.5. The fourth-order valence-electron chi connectivity index (χ4n) is 10.7. The van der Waals surface area contributed by atoms with Crippen molar-refractivity contribution >= 4 is 40.3 Å². The van der Waals surface area contributed by atoms with Crippen LogP contribution in [0.5, 0.6) is 0 Å². The van der Waals surface area contributed by atoms with E-state index in [9.17, 15) is 0 Å². The molecular weight excluding hydrogens is 655 g/mol. The van der Waals surface area contributed by atoms with Gasteiger partial charge in [-0.25, -0.2) is 0 Å². The smallest absolute Gasteiger partial charge is 0.119 e. The number of aromatic nitrogens is 1. The minimum Gasteiger partial charge on any atom is -0.369 e. The number of thioether (sulfide) groups is 1. The van der Waals surface area contributed by atoms with Crippen molar-refractivity contribution in [3.8, 4) is 5.69 Å². The number of para-hydroxylation sites is 2. The van der Waals surface area contributed by atoms with Crippen LogP contribution in [0.1, 0.15) is 67.5 Å². The molecule has 1 saturated heterocycles. The fourth-order valence-corrected chi connectivity index (χ4v) is 12.1. The number of benzene rings is 4. The van der Waals surface area contributed by atoms with Crippen LogP contribution in [0.3, 0.4) is 0 Å². The van der Waals surface area contributed by atoms with Crippen LogP contribution in [0.2, 0.25) is 0 Å². The van der Waals surface area contributed by atoms with Crippen LogP contribution in [-0.4, -0.2) is 16.5 Å². The molecule has 52 heavy (non-hydrogen) atoms. The van der Waals surface area contributed by atoms with Crippen molar-refractivity contribution in [3.63, 3.8) is 0 Å². The quantitative estimate of drug-likeness (QED) is 0.190. The number of nitrogens with zero attached hydrogens (tertiary/aromatic N) is 2. The Bertz CT molecular complexity index is 2340. The molecule has 6 aliphatic rings. The molecule has 0 bridgehead atoms. The zero-order valence-corrected chi connectivity index (χ0v) is 30.3. The number of allylic oxidation sites excluding steroid dienone is 2. The van der Waals surface area contributed by atoms with E-state index in [2.05, 4.69) is 150 Å². The number of amidine groups is 1. The van der Waals surface area contributed by atoms with Gasteiger partial charge in [-0.3, -0.25) is 4.99 Å². The second-order valence-corrected chi connectivity index (χ2v) is 16.9. The third-order valence-corrected chi connectivity index (χ3v) is 14.4. The topological polar surface area (TPSA) is 38.5 Å². The van der Waals surface area contributed by atoms with E-state index in [1.807, 2.05) is 11.8 Å². The Morgan fingerprint density at radius 3 is 2.50 bits per heavy atom. The monoisotopic (exact) mass is 697 g/mol. The van der Waals surface area contributed by atoms with Gasteiger partial charge in [0.05, 0.1) is 29.1 Å². The molecule has 0 spiro atoms. The third-order valence-electron chi connectivity index (χ3n) is 13.0. The van der Waals surface area contributed by atoms with Gasteiger partial charge in [-0.1, -0.05) is 121 Å². The lowest BCUT2D eigenvalue weighted by molar-refractivity contribution is -0.0340. The number of rotatable bonds is 4. The van der Waals surface area contributed by atoms with Crippen molar-refractivity contribution in [1.82, 2.24) is 9.88 Å². The summed E-state index contributed by atoms with van der Waals surface area (Å²) in [6.45, 7) is 2.33. The first-order chi connectivity index (χ1) is 25.7. The molecule has 1 saturated carbocycles. The molecule has 258 valence electrons. The van der Waals surface area contributed by atoms with Crippen LogP contribution in [0.15, 0.2) is 142 Å². The minimum absolute atomic E-state index is 0.0927. The molecule has 0 radical (unpaired) electrons. The highest BCUT2D eigenvalue weighted by molar-refractivity contribution is 8.03. The molecule has 4 nitrogen and oxygen atoms in total. The summed E-state index contributed by atoms with van der Waals surface area (Å²) in [7, 11) is 0. The predicted octanol–water partition coefficient (Wildman–Crippen LogP) is 11.1. The first-order valence-corrected chi connectivity index (χ1v) is 20.1. The van der Waals surface area contributed by atoms with Gasteiger partial charge in [0.25, 0.3) is 0 Å². The van der Waals surface area contributed by atoms with E-state index in [0.29, 0.717) is 29.6 Å². The van der Waals surface area contributed by atoms with Crippen LogP contribution in [0, 0.1) is 29.6 Å². The van der Waals surface area contributed by atoms with Gasteiger partial charge in [0.1, 0.15) is 11.4 Å². The highest BCUT2D eigenvalue weighted by Crippen LogP contribution is 2.59. The molecule has 3 aliphatic heterocycles. The Morgan fingerprint density at radius 2 is 1.62 bits per heavy atom. The Labute approximate surface area is 310 Å². The van der Waals surface area contributed by atoms with E-state index in [1.54, 1.807) is 0 Å². The summed E-state index contributed by atoms with van der Waals surface area (Å²) in [5.74, 6) is 3.42. The summed E-state index contributed by atoms with van der Waals surface area (Å²) >= 11 is 1.88. The summed E-state index contributed by atoms with van der Waals surface area (Å²) in [6.07, 6.45) is 16.1. The SMILES string of the molecule is CC12N=C(C3CC=CC(C4CCCC5C6C=Cc7c(c8ccccc8n7-c7ccccc7)C6OC45)C3)NC(c3ccccc3)=C1Sc1ccccc12. The van der Waals surface area contributed by atoms with Crippen molar-refractivity contribution in [2.45, 2.75) is 61.7 Å². The molecule has 0 amide bonds. The molecule has 4 heterocycles. The van der Waals surface area contributed by atoms with Crippen molar-refractivity contribution in [2.75, 3.05) is 0 Å². The maximum absolute atomic E-state index is 7.43. The second kappa shape index (κ2) is 12.0. The molecule has 5 aromatic rings. The first-order valence-electron chi connectivity index (χ1n) is 19.3. The van der Waals surface area contributed by atoms with Crippen LogP contribution in [-0.2, 0) is 10.3 Å². The number of aliphatic imine (C=N–C) groups is 1. The molecular formula is C47H43N3OS. The minimum atomic E-state index is -0.382. The fraction of sp³-hybridized carbons (Fsp3) is 0.298. The zero-order chi connectivity index (χ0) is 34.4. The van der Waals surface area contributed by atoms with Gasteiger partial charge in [-0.05, 0) is 91.8 Å². The van der Waals surface area contributed by atoms with Crippen LogP contribution in [0.4, 0.5) is 0 Å². The summed E-state index contributed by atoms with van der Waals surface area (Å²) in [5, 5.41) is 5.29. The van der Waals surface area contributed by atoms with E-state index in [-0.39, 0.29) is 17.7 Å². The van der Waals surface area contributed by atoms with Crippen molar-refractivity contribution in [2.24, 2.45) is 34.6 Å². The molecule has 3 aliphatic carbocycles. The van der Waals surface area contributed by atoms with Crippen molar-refractivity contribution < 1.29 is 4.74 Å². The Hall–Kier alpha value is -4.58. The number of ether oxygens (including phenoxy) is 1. The molecule has 8 unspecified atom stereocenters. The Balaban J connectivity index is 0.917. The highest BCUT2D eigenvalue weighted by atomic mass is 32.2. The predicted molar refractivity (Wildman–Crippen MR) is 213 cm³/mol. The molecule has 8 atom stereocenters. The Kier molecular flexibility index (Phi) is 7.14. The van der Waals surface area contributed by atoms with E-state index in [4.69, 9.17) is 9.73 Å². The van der Waals surface area contributed by atoms with E-state index < -0.39 is 0 Å². The van der Waals surface area contributed by atoms with Gasteiger partial charge in [-0.2, -0.15) is 0 Å². The average Bonchev–Trinajstić information content (AvgIpc) is 3.85. The average molecular weight is 698 g/mol. The van der Waals surface area contributed by atoms with Gasteiger partial charge in [0, 0.05) is 38.3 Å². The normalized spacial score (nSPS) is 31.3. The molecule has 1 N–H and O–H groups in total. The third kappa shape index (κ3) is 4.61. The molecule has 5 heteroatoms. The zero-order valence-electron chi connectivity index (χ0n) is 29.5. The lowest BCUT2D eigenvalue weighted by Gasteiger charge is -2.41. The van der Waals surface area contributed by atoms with Crippen LogP contribution >= 0.6 is 11.8 Å². The maximum atomic E-state index is 7.43. The summed E-state index contributed by atoms with van der Waals surface area (Å²) in [5.41, 5.74) is 8.54. The molecule has 1 aromatic heterocycles. The van der Waals surface area contributed by atoms with Gasteiger partial charge in [0.15, 0.2) is 0 Å². The Morgan fingerprint density at radius 1 is 0.846 bits per heavy atom. The molecule has 2 fully saturated rings. The lowest BCUT2D eigenvalue weighted by atomic mass is 9.66. The van der Waals surface area contributed by atoms with Crippen molar-refractivity contribution in [3.05, 3.63) is 155 Å². The summed E-state index contributed by atoms with van der Waals surface area (Å²) in [4.78, 5) is 8.28. The van der Waals surface area contributed by atoms with Crippen LogP contribution in [0.25, 0.3) is 28.4 Å². The maximum Gasteiger partial charge on any atom is 0.119 e. The van der Waals surface area contributed by atoms with Gasteiger partial charge >= 0.3 is 0 Å². The number of fused-ring (bicyclic) bond motifs is 10.